The summed E-state index contributed by atoms with van der Waals surface area (Å²) in [5.41, 5.74) is -1.76. The lowest BCUT2D eigenvalue weighted by atomic mass is 10.3. The lowest BCUT2D eigenvalue weighted by Gasteiger charge is -2.07. The van der Waals surface area contributed by atoms with Crippen LogP contribution >= 0.6 is 0 Å². The Morgan fingerprint density at radius 2 is 2.86 bits per heavy atom. The van der Waals surface area contributed by atoms with Crippen LogP contribution in [0.3, 0.4) is 0 Å². The SMILES string of the molecule is [2H]OC(=O)c1nc(C([2H])[2H])c([2H])c([2H])c1OC([2H])([2H])C([2H])([2H])C([2H])([2H])[2H]. The molecule has 4 heteroatoms. The number of rotatable bonds is 4. The number of pyridine rings is 1. The first-order chi connectivity index (χ1) is 11.6. The molecule has 0 bridgehead atoms. The van der Waals surface area contributed by atoms with Gasteiger partial charge in [0.2, 0.25) is 0 Å². The minimum absolute atomic E-state index is 0.692. The van der Waals surface area contributed by atoms with Gasteiger partial charge in [-0.1, -0.05) is 6.85 Å². The average molecular weight is 207 g/mol. The normalized spacial score (nSPS) is 25.2. The molecule has 0 aromatic carbocycles. The van der Waals surface area contributed by atoms with Gasteiger partial charge in [-0.3, -0.25) is 0 Å². The molecule has 0 radical (unpaired) electrons. The van der Waals surface area contributed by atoms with Crippen molar-refractivity contribution in [2.75, 3.05) is 6.56 Å². The highest BCUT2D eigenvalue weighted by Gasteiger charge is 2.12. The van der Waals surface area contributed by atoms with Gasteiger partial charge in [-0.15, -0.1) is 0 Å². The maximum absolute atomic E-state index is 11.7. The predicted octanol–water partition coefficient (Wildman–Crippen LogP) is 1.88. The molecule has 0 aliphatic heterocycles. The van der Waals surface area contributed by atoms with E-state index >= 15 is 0 Å². The predicted molar refractivity (Wildman–Crippen MR) is 51.7 cm³/mol. The summed E-state index contributed by atoms with van der Waals surface area (Å²) in [5.74, 6) is -2.74. The first-order valence-electron chi connectivity index (χ1n) is 9.37. The smallest absolute Gasteiger partial charge is 0.358 e. The van der Waals surface area contributed by atoms with Crippen molar-refractivity contribution in [2.24, 2.45) is 0 Å². The van der Waals surface area contributed by atoms with Crippen molar-refractivity contribution in [2.45, 2.75) is 20.1 Å². The number of aromatic nitrogens is 1. The Morgan fingerprint density at radius 1 is 1.93 bits per heavy atom. The molecule has 76 valence electrons. The molecule has 0 unspecified atom stereocenters. The van der Waals surface area contributed by atoms with Gasteiger partial charge in [0.15, 0.2) is 11.4 Å². The molecule has 0 saturated heterocycles. The van der Waals surface area contributed by atoms with E-state index < -0.39 is 61.9 Å². The van der Waals surface area contributed by atoms with Gasteiger partial charge in [-0.25, -0.2) is 9.78 Å². The maximum Gasteiger partial charge on any atom is 0.358 e. The van der Waals surface area contributed by atoms with E-state index in [0.29, 0.717) is 0 Å². The number of carbonyl (C=O) groups is 1. The van der Waals surface area contributed by atoms with E-state index in [9.17, 15) is 4.79 Å². The lowest BCUT2D eigenvalue weighted by Crippen LogP contribution is -2.07. The number of aromatic carboxylic acids is 1. The third kappa shape index (κ3) is 2.45. The van der Waals surface area contributed by atoms with Crippen LogP contribution < -0.4 is 4.74 Å². The molecule has 0 atom stereocenters. The van der Waals surface area contributed by atoms with E-state index in [-0.39, 0.29) is 0 Å². The Kier molecular flexibility index (Phi) is 0.892. The zero-order chi connectivity index (χ0) is 20.7. The van der Waals surface area contributed by atoms with Gasteiger partial charge in [0.1, 0.15) is 0 Å². The minimum Gasteiger partial charge on any atom is -0.491 e. The number of hydrogen-bond acceptors (Lipinski definition) is 4. The van der Waals surface area contributed by atoms with Crippen molar-refractivity contribution in [3.05, 3.63) is 23.5 Å². The highest BCUT2D eigenvalue weighted by Crippen LogP contribution is 2.16. The van der Waals surface area contributed by atoms with Crippen molar-refractivity contribution in [3.63, 3.8) is 0 Å². The first kappa shape index (κ1) is 2.72. The Bertz CT molecular complexity index is 701. The molecule has 1 heterocycles. The van der Waals surface area contributed by atoms with Crippen LogP contribution in [0.1, 0.15) is 44.5 Å². The number of carboxylic acids is 1. The molecule has 0 saturated carbocycles. The third-order valence-corrected chi connectivity index (χ3v) is 1.15. The quantitative estimate of drug-likeness (QED) is 0.819. The van der Waals surface area contributed by atoms with E-state index in [2.05, 4.69) is 14.8 Å². The van der Waals surface area contributed by atoms with Crippen LogP contribution in [0.5, 0.6) is 5.75 Å². The molecule has 4 nitrogen and oxygen atoms in total. The molecule has 0 aliphatic rings. The second-order valence-corrected chi connectivity index (χ2v) is 2.04. The van der Waals surface area contributed by atoms with E-state index in [4.69, 9.17) is 16.5 Å². The average Bonchev–Trinajstić information content (AvgIpc) is 2.49. The number of carboxylic acid groups (broad SMARTS) is 1. The van der Waals surface area contributed by atoms with Crippen LogP contribution in [0.4, 0.5) is 0 Å². The second-order valence-electron chi connectivity index (χ2n) is 2.04. The van der Waals surface area contributed by atoms with Crippen molar-refractivity contribution in [1.29, 1.82) is 1.43 Å². The van der Waals surface area contributed by atoms with Crippen molar-refractivity contribution in [1.82, 2.24) is 4.98 Å². The molecule has 1 aromatic heterocycles. The Labute approximate surface area is 99.5 Å². The molecule has 0 amide bonds. The van der Waals surface area contributed by atoms with Crippen molar-refractivity contribution >= 4 is 5.97 Å². The highest BCUT2D eigenvalue weighted by atomic mass is 16.5. The van der Waals surface area contributed by atoms with Gasteiger partial charge in [-0.05, 0) is 25.3 Å². The van der Waals surface area contributed by atoms with Crippen molar-refractivity contribution in [3.8, 4) is 5.75 Å². The Hall–Kier alpha value is -1.58. The molecular weight excluding hydrogens is 182 g/mol. The lowest BCUT2D eigenvalue weighted by molar-refractivity contribution is 0.0685. The van der Waals surface area contributed by atoms with Gasteiger partial charge in [0.25, 0.3) is 1.43 Å². The van der Waals surface area contributed by atoms with Gasteiger partial charge in [0, 0.05) is 15.3 Å². The monoisotopic (exact) mass is 207 g/mol. The van der Waals surface area contributed by atoms with Crippen molar-refractivity contribution < 1.29 is 29.7 Å². The van der Waals surface area contributed by atoms with Gasteiger partial charge in [-0.2, -0.15) is 0 Å². The van der Waals surface area contributed by atoms with Gasteiger partial charge >= 0.3 is 5.97 Å². The summed E-state index contributed by atoms with van der Waals surface area (Å²) in [6.45, 7) is -9.01. The number of nitrogens with zero attached hydrogens (tertiary/aromatic N) is 1. The Balaban J connectivity index is 3.62. The summed E-state index contributed by atoms with van der Waals surface area (Å²) in [7, 11) is 0. The number of hydrogen-bond donors (Lipinski definition) is 1. The van der Waals surface area contributed by atoms with Gasteiger partial charge in [0.05, 0.1) is 12.0 Å². The van der Waals surface area contributed by atoms with Crippen LogP contribution in [-0.4, -0.2) is 22.6 Å². The second kappa shape index (κ2) is 4.60. The van der Waals surface area contributed by atoms with E-state index in [1.807, 2.05) is 0 Å². The summed E-state index contributed by atoms with van der Waals surface area (Å²) < 4.78 is 92.4. The zero-order valence-corrected chi connectivity index (χ0v) is 6.75. The fourth-order valence-corrected chi connectivity index (χ4v) is 0.668. The molecule has 1 N–H and O–H groups in total. The van der Waals surface area contributed by atoms with Gasteiger partial charge < -0.3 is 9.85 Å². The topological polar surface area (TPSA) is 59.4 Å². The van der Waals surface area contributed by atoms with Crippen LogP contribution in [0, 0.1) is 6.88 Å². The van der Waals surface area contributed by atoms with Crippen LogP contribution in [0.25, 0.3) is 1.43 Å². The van der Waals surface area contributed by atoms with E-state index in [1.54, 1.807) is 0 Å². The zero-order valence-electron chi connectivity index (χ0n) is 18.7. The third-order valence-electron chi connectivity index (χ3n) is 1.15. The fourth-order valence-electron chi connectivity index (χ4n) is 0.668. The summed E-state index contributed by atoms with van der Waals surface area (Å²) in [6.07, 6.45) is -3.59. The van der Waals surface area contributed by atoms with E-state index in [0.717, 1.165) is 0 Å². The molecule has 1 aromatic rings. The molecule has 0 spiro atoms. The molecule has 0 aliphatic carbocycles. The minimum atomic E-state index is -3.61. The number of ether oxygens (including phenoxy) is 1. The summed E-state index contributed by atoms with van der Waals surface area (Å²) in [5, 5.41) is 3.65. The summed E-state index contributed by atoms with van der Waals surface area (Å²) in [4.78, 5) is 15.1. The molecular formula is C10H13NO3. The summed E-state index contributed by atoms with van der Waals surface area (Å²) >= 11 is 0. The standard InChI is InChI=1S/C10H13NO3/c1-3-6-14-8-5-4-7(2)11-9(8)10(12)13/h4-5H,3,6H2,1-2H3,(H,12,13)/i1D3,2D2,3D2,4D,5D,6D2/hD. The molecule has 1 rings (SSSR count). The van der Waals surface area contributed by atoms with Crippen LogP contribution in [0.15, 0.2) is 12.1 Å². The Morgan fingerprint density at radius 3 is 3.57 bits per heavy atom. The summed E-state index contributed by atoms with van der Waals surface area (Å²) in [6, 6.07) is -1.94. The highest BCUT2D eigenvalue weighted by molar-refractivity contribution is 5.88. The largest absolute Gasteiger partial charge is 0.491 e. The van der Waals surface area contributed by atoms with Crippen LogP contribution in [-0.2, 0) is 0 Å². The van der Waals surface area contributed by atoms with E-state index in [1.165, 1.54) is 0 Å². The maximum atomic E-state index is 11.7. The molecule has 0 fully saturated rings. The van der Waals surface area contributed by atoms with Crippen LogP contribution in [0.2, 0.25) is 0 Å². The first-order valence-corrected chi connectivity index (χ1v) is 3.30. The fraction of sp³-hybridized carbons (Fsp3) is 0.400. The number of aryl methyl sites for hydroxylation is 1. The molecule has 14 heavy (non-hydrogen) atoms.